The fraction of sp³-hybridized carbons (Fsp3) is 0.545. The monoisotopic (exact) mass is 310 g/mol. The molecule has 0 saturated heterocycles. The minimum atomic E-state index is -4.71. The summed E-state index contributed by atoms with van der Waals surface area (Å²) >= 11 is 0. The van der Waals surface area contributed by atoms with Crippen LogP contribution < -0.4 is 0 Å². The molecule has 0 radical (unpaired) electrons. The molecule has 0 N–H and O–H groups in total. The Morgan fingerprint density at radius 1 is 1.14 bits per heavy atom. The lowest BCUT2D eigenvalue weighted by atomic mass is 9.91. The second-order valence-electron chi connectivity index (χ2n) is 4.27. The maximum absolute atomic E-state index is 12.4. The van der Waals surface area contributed by atoms with E-state index in [4.69, 9.17) is 10.5 Å². The Morgan fingerprint density at radius 2 is 1.71 bits per heavy atom. The van der Waals surface area contributed by atoms with Crippen LogP contribution in [0.25, 0.3) is 0 Å². The highest BCUT2D eigenvalue weighted by molar-refractivity contribution is 5.05. The molecular weight excluding hydrogens is 302 g/mol. The second kappa shape index (κ2) is 6.04. The van der Waals surface area contributed by atoms with Gasteiger partial charge in [0.05, 0.1) is 24.9 Å². The molecular formula is C11H8F6N4. The van der Waals surface area contributed by atoms with E-state index in [0.717, 1.165) is 10.9 Å². The lowest BCUT2D eigenvalue weighted by Gasteiger charge is -2.19. The smallest absolute Gasteiger partial charge is 0.336 e. The average molecular weight is 310 g/mol. The number of nitriles is 2. The molecule has 1 atom stereocenters. The van der Waals surface area contributed by atoms with Gasteiger partial charge in [0.15, 0.2) is 5.69 Å². The van der Waals surface area contributed by atoms with Gasteiger partial charge >= 0.3 is 12.4 Å². The summed E-state index contributed by atoms with van der Waals surface area (Å²) in [5.41, 5.74) is -1.25. The molecule has 4 nitrogen and oxygen atoms in total. The van der Waals surface area contributed by atoms with E-state index in [0.29, 0.717) is 6.20 Å². The molecule has 1 aromatic heterocycles. The van der Waals surface area contributed by atoms with E-state index in [1.54, 1.807) is 0 Å². The Balaban J connectivity index is 2.94. The molecule has 1 aromatic rings. The molecule has 0 aliphatic heterocycles. The minimum Gasteiger partial charge on any atom is -0.336 e. The lowest BCUT2D eigenvalue weighted by molar-refractivity contribution is -0.147. The normalized spacial score (nSPS) is 13.8. The van der Waals surface area contributed by atoms with Gasteiger partial charge in [0.1, 0.15) is 5.92 Å². The van der Waals surface area contributed by atoms with Crippen LogP contribution in [-0.4, -0.2) is 15.7 Å². The minimum absolute atomic E-state index is 0.537. The van der Waals surface area contributed by atoms with Gasteiger partial charge in [-0.2, -0.15) is 36.9 Å². The average Bonchev–Trinajstić information content (AvgIpc) is 2.76. The van der Waals surface area contributed by atoms with E-state index in [1.165, 1.54) is 12.1 Å². The highest BCUT2D eigenvalue weighted by Crippen LogP contribution is 2.31. The molecule has 0 spiro atoms. The van der Waals surface area contributed by atoms with Crippen LogP contribution in [0, 0.1) is 34.5 Å². The molecule has 0 aromatic carbocycles. The zero-order valence-electron chi connectivity index (χ0n) is 10.3. The van der Waals surface area contributed by atoms with E-state index < -0.39 is 42.8 Å². The Kier molecular flexibility index (Phi) is 4.84. The Morgan fingerprint density at radius 3 is 2.10 bits per heavy atom. The highest BCUT2D eigenvalue weighted by Gasteiger charge is 2.37. The van der Waals surface area contributed by atoms with E-state index in [9.17, 15) is 26.3 Å². The van der Waals surface area contributed by atoms with Crippen molar-refractivity contribution in [1.82, 2.24) is 9.55 Å². The van der Waals surface area contributed by atoms with Gasteiger partial charge in [-0.15, -0.1) is 0 Å². The summed E-state index contributed by atoms with van der Waals surface area (Å²) in [5.74, 6) is -3.06. The molecule has 10 heteroatoms. The van der Waals surface area contributed by atoms with Crippen molar-refractivity contribution >= 4 is 0 Å². The van der Waals surface area contributed by atoms with Crippen molar-refractivity contribution in [1.29, 1.82) is 10.5 Å². The van der Waals surface area contributed by atoms with Gasteiger partial charge in [-0.05, 0) is 0 Å². The van der Waals surface area contributed by atoms with Crippen LogP contribution in [0.3, 0.4) is 0 Å². The quantitative estimate of drug-likeness (QED) is 0.802. The molecule has 0 bridgehead atoms. The van der Waals surface area contributed by atoms with Crippen LogP contribution >= 0.6 is 0 Å². The summed E-state index contributed by atoms with van der Waals surface area (Å²) in [5, 5.41) is 17.3. The van der Waals surface area contributed by atoms with Crippen molar-refractivity contribution in [3.63, 3.8) is 0 Å². The van der Waals surface area contributed by atoms with Gasteiger partial charge in [0.2, 0.25) is 0 Å². The van der Waals surface area contributed by atoms with Crippen molar-refractivity contribution in [2.45, 2.75) is 25.3 Å². The summed E-state index contributed by atoms with van der Waals surface area (Å²) in [6, 6.07) is 2.83. The highest BCUT2D eigenvalue weighted by atomic mass is 19.4. The van der Waals surface area contributed by atoms with Crippen LogP contribution in [-0.2, 0) is 12.7 Å². The largest absolute Gasteiger partial charge is 0.434 e. The third-order valence-corrected chi connectivity index (χ3v) is 2.61. The van der Waals surface area contributed by atoms with Crippen molar-refractivity contribution in [3.8, 4) is 12.1 Å². The number of nitrogens with zero attached hydrogens (tertiary/aromatic N) is 4. The number of alkyl halides is 6. The first kappa shape index (κ1) is 16.8. The first-order valence-electron chi connectivity index (χ1n) is 5.51. The first-order valence-corrected chi connectivity index (χ1v) is 5.51. The van der Waals surface area contributed by atoms with Gasteiger partial charge < -0.3 is 4.57 Å². The summed E-state index contributed by atoms with van der Waals surface area (Å²) in [6.07, 6.45) is -9.54. The van der Waals surface area contributed by atoms with Crippen LogP contribution in [0.1, 0.15) is 12.1 Å². The van der Waals surface area contributed by atoms with Gasteiger partial charge in [-0.25, -0.2) is 4.98 Å². The van der Waals surface area contributed by atoms with Crippen molar-refractivity contribution in [2.75, 3.05) is 0 Å². The fourth-order valence-electron chi connectivity index (χ4n) is 1.70. The third kappa shape index (κ3) is 4.99. The van der Waals surface area contributed by atoms with E-state index >= 15 is 0 Å². The van der Waals surface area contributed by atoms with Gasteiger partial charge in [-0.3, -0.25) is 0 Å². The summed E-state index contributed by atoms with van der Waals surface area (Å²) < 4.78 is 75.0. The van der Waals surface area contributed by atoms with E-state index in [2.05, 4.69) is 4.98 Å². The molecule has 1 unspecified atom stereocenters. The Hall–Kier alpha value is -2.23. The maximum atomic E-state index is 12.4. The zero-order chi connectivity index (χ0) is 16.3. The topological polar surface area (TPSA) is 65.4 Å². The zero-order valence-corrected chi connectivity index (χ0v) is 10.3. The van der Waals surface area contributed by atoms with Crippen LogP contribution in [0.4, 0.5) is 26.3 Å². The van der Waals surface area contributed by atoms with Crippen LogP contribution in [0.5, 0.6) is 0 Å². The van der Waals surface area contributed by atoms with Crippen LogP contribution in [0.2, 0.25) is 0 Å². The third-order valence-electron chi connectivity index (χ3n) is 2.61. The lowest BCUT2D eigenvalue weighted by Crippen LogP contribution is -2.24. The Bertz CT molecular complexity index is 545. The summed E-state index contributed by atoms with van der Waals surface area (Å²) in [4.78, 5) is 3.04. The summed E-state index contributed by atoms with van der Waals surface area (Å²) in [6.45, 7) is -0.561. The van der Waals surface area contributed by atoms with E-state index in [-0.39, 0.29) is 0 Å². The number of hydrogen-bond donors (Lipinski definition) is 0. The van der Waals surface area contributed by atoms with Crippen LogP contribution in [0.15, 0.2) is 12.5 Å². The second-order valence-corrected chi connectivity index (χ2v) is 4.27. The maximum Gasteiger partial charge on any atom is 0.434 e. The molecule has 0 amide bonds. The Labute approximate surface area is 115 Å². The predicted octanol–water partition coefficient (Wildman–Crippen LogP) is 3.13. The molecule has 21 heavy (non-hydrogen) atoms. The first-order chi connectivity index (χ1) is 9.56. The number of hydrogen-bond acceptors (Lipinski definition) is 3. The molecule has 0 aliphatic rings. The molecule has 1 heterocycles. The van der Waals surface area contributed by atoms with Gasteiger partial charge in [0.25, 0.3) is 0 Å². The standard InChI is InChI=1S/C11H8F6N4/c12-10(13,14)1-7(8(2-18)3-19)4-21-5-9(20-6-21)11(15,16)17/h5-8H,1,4H2. The number of halogens is 6. The predicted molar refractivity (Wildman–Crippen MR) is 56.1 cm³/mol. The van der Waals surface area contributed by atoms with Crippen molar-refractivity contribution < 1.29 is 26.3 Å². The SMILES string of the molecule is N#CC(C#N)C(Cn1cnc(C(F)(F)F)c1)CC(F)(F)F. The number of imidazole rings is 1. The summed E-state index contributed by atoms with van der Waals surface area (Å²) in [7, 11) is 0. The van der Waals surface area contributed by atoms with E-state index in [1.807, 2.05) is 0 Å². The molecule has 0 aliphatic carbocycles. The molecule has 0 saturated carbocycles. The van der Waals surface area contributed by atoms with Crippen molar-refractivity contribution in [2.24, 2.45) is 11.8 Å². The van der Waals surface area contributed by atoms with Crippen molar-refractivity contribution in [3.05, 3.63) is 18.2 Å². The number of rotatable bonds is 4. The van der Waals surface area contributed by atoms with Gasteiger partial charge in [0, 0.05) is 18.7 Å². The molecule has 1 rings (SSSR count). The fourth-order valence-corrected chi connectivity index (χ4v) is 1.70. The molecule has 0 fully saturated rings. The van der Waals surface area contributed by atoms with Gasteiger partial charge in [-0.1, -0.05) is 0 Å². The number of aromatic nitrogens is 2. The molecule has 114 valence electrons.